The van der Waals surface area contributed by atoms with Crippen molar-refractivity contribution in [1.29, 1.82) is 0 Å². The molecule has 0 spiro atoms. The minimum Gasteiger partial charge on any atom is -0.494 e. The third-order valence-electron chi connectivity index (χ3n) is 3.58. The second kappa shape index (κ2) is 6.53. The van der Waals surface area contributed by atoms with E-state index in [9.17, 15) is 5.11 Å². The molecule has 4 heteroatoms. The Bertz CT molecular complexity index is 417. The lowest BCUT2D eigenvalue weighted by Gasteiger charge is -2.31. The summed E-state index contributed by atoms with van der Waals surface area (Å²) in [7, 11) is 0. The monoisotopic (exact) mass is 281 g/mol. The summed E-state index contributed by atoms with van der Waals surface area (Å²) in [5, 5.41) is 10.5. The van der Waals surface area contributed by atoms with E-state index in [-0.39, 0.29) is 0 Å². The third kappa shape index (κ3) is 4.05. The molecular weight excluding hydrogens is 258 g/mol. The number of nitrogens with two attached hydrogens (primary N) is 1. The second-order valence-electron chi connectivity index (χ2n) is 5.21. The Morgan fingerprint density at radius 3 is 2.74 bits per heavy atom. The van der Waals surface area contributed by atoms with Gasteiger partial charge in [0.05, 0.1) is 12.2 Å². The predicted octanol–water partition coefficient (Wildman–Crippen LogP) is 3.45. The molecule has 0 amide bonds. The quantitative estimate of drug-likeness (QED) is 0.641. The zero-order valence-corrected chi connectivity index (χ0v) is 12.3. The van der Waals surface area contributed by atoms with Gasteiger partial charge in [-0.05, 0) is 38.0 Å². The maximum atomic E-state index is 10.5. The summed E-state index contributed by atoms with van der Waals surface area (Å²) >= 11 is 1.64. The van der Waals surface area contributed by atoms with Gasteiger partial charge in [0.2, 0.25) is 0 Å². The van der Waals surface area contributed by atoms with E-state index in [0.717, 1.165) is 42.0 Å². The van der Waals surface area contributed by atoms with E-state index in [0.29, 0.717) is 12.4 Å². The first-order valence-corrected chi connectivity index (χ1v) is 7.99. The average Bonchev–Trinajstić information content (AvgIpc) is 2.41. The Kier molecular flexibility index (Phi) is 4.99. The van der Waals surface area contributed by atoms with Gasteiger partial charge < -0.3 is 15.6 Å². The minimum atomic E-state index is -0.517. The Balaban J connectivity index is 1.99. The standard InChI is InChI=1S/C15H23NO2S/c1-2-18-12-6-7-13(16)14(10-12)19-11-15(17)8-4-3-5-9-15/h6-7,10,17H,2-5,8-9,11,16H2,1H3. The molecule has 0 saturated heterocycles. The molecule has 0 atom stereocenters. The van der Waals surface area contributed by atoms with E-state index in [2.05, 4.69) is 0 Å². The first kappa shape index (κ1) is 14.5. The van der Waals surface area contributed by atoms with Gasteiger partial charge in [-0.2, -0.15) is 0 Å². The smallest absolute Gasteiger partial charge is 0.120 e. The SMILES string of the molecule is CCOc1ccc(N)c(SCC2(O)CCCCC2)c1. The molecule has 2 rings (SSSR count). The fraction of sp³-hybridized carbons (Fsp3) is 0.600. The van der Waals surface area contributed by atoms with E-state index < -0.39 is 5.60 Å². The minimum absolute atomic E-state index is 0.517. The lowest BCUT2D eigenvalue weighted by atomic mass is 9.86. The zero-order chi connectivity index (χ0) is 13.7. The number of aliphatic hydroxyl groups is 1. The van der Waals surface area contributed by atoms with Crippen LogP contribution < -0.4 is 10.5 Å². The highest BCUT2D eigenvalue weighted by Gasteiger charge is 2.29. The number of benzene rings is 1. The molecule has 19 heavy (non-hydrogen) atoms. The molecule has 1 saturated carbocycles. The molecule has 0 bridgehead atoms. The van der Waals surface area contributed by atoms with Crippen LogP contribution >= 0.6 is 11.8 Å². The van der Waals surface area contributed by atoms with Crippen LogP contribution in [-0.2, 0) is 0 Å². The van der Waals surface area contributed by atoms with Crippen molar-refractivity contribution in [3.8, 4) is 5.75 Å². The van der Waals surface area contributed by atoms with Gasteiger partial charge in [-0.3, -0.25) is 0 Å². The van der Waals surface area contributed by atoms with Crippen molar-refractivity contribution in [2.24, 2.45) is 0 Å². The number of ether oxygens (including phenoxy) is 1. The highest BCUT2D eigenvalue weighted by Crippen LogP contribution is 2.36. The molecule has 0 unspecified atom stereocenters. The van der Waals surface area contributed by atoms with Gasteiger partial charge in [-0.15, -0.1) is 11.8 Å². The van der Waals surface area contributed by atoms with Gasteiger partial charge in [0, 0.05) is 16.3 Å². The molecule has 1 aliphatic carbocycles. The van der Waals surface area contributed by atoms with Crippen LogP contribution in [-0.4, -0.2) is 23.1 Å². The number of anilines is 1. The van der Waals surface area contributed by atoms with Crippen molar-refractivity contribution < 1.29 is 9.84 Å². The maximum absolute atomic E-state index is 10.5. The van der Waals surface area contributed by atoms with Crippen LogP contribution in [0.5, 0.6) is 5.75 Å². The molecule has 1 aromatic carbocycles. The Morgan fingerprint density at radius 1 is 1.32 bits per heavy atom. The summed E-state index contributed by atoms with van der Waals surface area (Å²) in [6.07, 6.45) is 5.32. The Morgan fingerprint density at radius 2 is 2.05 bits per heavy atom. The van der Waals surface area contributed by atoms with Crippen LogP contribution in [0, 0.1) is 0 Å². The fourth-order valence-electron chi connectivity index (χ4n) is 2.46. The molecule has 0 radical (unpaired) electrons. The topological polar surface area (TPSA) is 55.5 Å². The van der Waals surface area contributed by atoms with Crippen molar-refractivity contribution >= 4 is 17.4 Å². The molecule has 1 fully saturated rings. The summed E-state index contributed by atoms with van der Waals surface area (Å²) < 4.78 is 5.49. The number of thioether (sulfide) groups is 1. The lowest BCUT2D eigenvalue weighted by molar-refractivity contribution is 0.0273. The van der Waals surface area contributed by atoms with Crippen LogP contribution in [0.15, 0.2) is 23.1 Å². The summed E-state index contributed by atoms with van der Waals surface area (Å²) in [6.45, 7) is 2.62. The molecule has 1 aromatic rings. The van der Waals surface area contributed by atoms with E-state index in [1.54, 1.807) is 11.8 Å². The van der Waals surface area contributed by atoms with E-state index in [4.69, 9.17) is 10.5 Å². The van der Waals surface area contributed by atoms with Gasteiger partial charge in [0.15, 0.2) is 0 Å². The molecule has 106 valence electrons. The fourth-order valence-corrected chi connectivity index (χ4v) is 3.61. The Labute approximate surface area is 119 Å². The first-order chi connectivity index (χ1) is 9.13. The largest absolute Gasteiger partial charge is 0.494 e. The molecule has 3 N–H and O–H groups in total. The number of rotatable bonds is 5. The van der Waals surface area contributed by atoms with Gasteiger partial charge in [-0.1, -0.05) is 19.3 Å². The van der Waals surface area contributed by atoms with Crippen LogP contribution in [0.3, 0.4) is 0 Å². The zero-order valence-electron chi connectivity index (χ0n) is 11.5. The number of hydrogen-bond acceptors (Lipinski definition) is 4. The van der Waals surface area contributed by atoms with Crippen LogP contribution in [0.4, 0.5) is 5.69 Å². The van der Waals surface area contributed by atoms with Crippen molar-refractivity contribution in [2.45, 2.75) is 49.5 Å². The average molecular weight is 281 g/mol. The van der Waals surface area contributed by atoms with Crippen molar-refractivity contribution in [2.75, 3.05) is 18.1 Å². The summed E-state index contributed by atoms with van der Waals surface area (Å²) in [5.74, 6) is 1.56. The van der Waals surface area contributed by atoms with E-state index in [1.807, 2.05) is 25.1 Å². The van der Waals surface area contributed by atoms with E-state index in [1.165, 1.54) is 6.42 Å². The van der Waals surface area contributed by atoms with Crippen molar-refractivity contribution in [1.82, 2.24) is 0 Å². The summed E-state index contributed by atoms with van der Waals surface area (Å²) in [4.78, 5) is 1.00. The number of nitrogen functional groups attached to an aromatic ring is 1. The van der Waals surface area contributed by atoms with Crippen LogP contribution in [0.2, 0.25) is 0 Å². The van der Waals surface area contributed by atoms with Crippen LogP contribution in [0.25, 0.3) is 0 Å². The highest BCUT2D eigenvalue weighted by molar-refractivity contribution is 7.99. The van der Waals surface area contributed by atoms with Crippen molar-refractivity contribution in [3.63, 3.8) is 0 Å². The molecular formula is C15H23NO2S. The third-order valence-corrected chi connectivity index (χ3v) is 4.92. The normalized spacial score (nSPS) is 18.2. The molecule has 0 heterocycles. The summed E-state index contributed by atoms with van der Waals surface area (Å²) in [6, 6.07) is 5.73. The van der Waals surface area contributed by atoms with Gasteiger partial charge in [0.25, 0.3) is 0 Å². The molecule has 0 aliphatic heterocycles. The molecule has 1 aliphatic rings. The number of hydrogen-bond donors (Lipinski definition) is 2. The lowest BCUT2D eigenvalue weighted by Crippen LogP contribution is -2.33. The molecule has 0 aromatic heterocycles. The van der Waals surface area contributed by atoms with Crippen molar-refractivity contribution in [3.05, 3.63) is 18.2 Å². The Hall–Kier alpha value is -0.870. The van der Waals surface area contributed by atoms with Gasteiger partial charge in [0.1, 0.15) is 5.75 Å². The van der Waals surface area contributed by atoms with Gasteiger partial charge >= 0.3 is 0 Å². The second-order valence-corrected chi connectivity index (χ2v) is 6.22. The predicted molar refractivity (Wildman–Crippen MR) is 80.8 cm³/mol. The van der Waals surface area contributed by atoms with E-state index >= 15 is 0 Å². The van der Waals surface area contributed by atoms with Crippen LogP contribution in [0.1, 0.15) is 39.0 Å². The maximum Gasteiger partial charge on any atom is 0.120 e. The first-order valence-electron chi connectivity index (χ1n) is 7.00. The molecule has 3 nitrogen and oxygen atoms in total. The van der Waals surface area contributed by atoms with Gasteiger partial charge in [-0.25, -0.2) is 0 Å². The highest BCUT2D eigenvalue weighted by atomic mass is 32.2. The summed E-state index contributed by atoms with van der Waals surface area (Å²) in [5.41, 5.74) is 6.23.